The molecule has 6 nitrogen and oxygen atoms in total. The first-order valence-corrected chi connectivity index (χ1v) is 8.37. The van der Waals surface area contributed by atoms with Gasteiger partial charge in [-0.15, -0.1) is 0 Å². The molecule has 1 aliphatic carbocycles. The number of H-pyrrole nitrogens is 1. The highest BCUT2D eigenvalue weighted by molar-refractivity contribution is 7.93. The fourth-order valence-corrected chi connectivity index (χ4v) is 3.94. The fourth-order valence-electron chi connectivity index (χ4n) is 2.53. The summed E-state index contributed by atoms with van der Waals surface area (Å²) in [5.41, 5.74) is 0.932. The van der Waals surface area contributed by atoms with Crippen molar-refractivity contribution in [1.82, 2.24) is 9.97 Å². The topological polar surface area (TPSA) is 91.9 Å². The fraction of sp³-hybridized carbons (Fsp3) is 0.385. The maximum Gasteiger partial charge on any atom is 0.248 e. The molecule has 8 heteroatoms. The molecule has 0 aliphatic heterocycles. The number of nitrogens with one attached hydrogen (secondary N) is 2. The number of imidazole rings is 1. The summed E-state index contributed by atoms with van der Waals surface area (Å²) >= 11 is 0. The summed E-state index contributed by atoms with van der Waals surface area (Å²) in [7, 11) is -3.50. The van der Waals surface area contributed by atoms with Crippen LogP contribution in [0, 0.1) is 5.82 Å². The summed E-state index contributed by atoms with van der Waals surface area (Å²) < 4.78 is 35.4. The second-order valence-corrected chi connectivity index (χ2v) is 7.65. The maximum absolute atomic E-state index is 13.1. The van der Waals surface area contributed by atoms with E-state index in [4.69, 9.17) is 0 Å². The van der Waals surface area contributed by atoms with Gasteiger partial charge in [-0.1, -0.05) is 0 Å². The number of carbonyl (C=O) groups excluding carboxylic acids is 1. The third-order valence-electron chi connectivity index (χ3n) is 3.96. The van der Waals surface area contributed by atoms with E-state index in [9.17, 15) is 17.6 Å². The van der Waals surface area contributed by atoms with Crippen LogP contribution in [0.5, 0.6) is 0 Å². The van der Waals surface area contributed by atoms with Gasteiger partial charge < -0.3 is 4.98 Å². The predicted octanol–water partition coefficient (Wildman–Crippen LogP) is 1.61. The molecule has 112 valence electrons. The first kappa shape index (κ1) is 14.0. The summed E-state index contributed by atoms with van der Waals surface area (Å²) in [4.78, 5) is 19.1. The highest BCUT2D eigenvalue weighted by atomic mass is 32.2. The minimum absolute atomic E-state index is 0.121. The average molecular weight is 311 g/mol. The van der Waals surface area contributed by atoms with Crippen molar-refractivity contribution in [3.63, 3.8) is 0 Å². The van der Waals surface area contributed by atoms with E-state index < -0.39 is 26.3 Å². The van der Waals surface area contributed by atoms with Gasteiger partial charge in [-0.3, -0.25) is 10.1 Å². The number of fused-ring (bicyclic) bond motifs is 1. The maximum atomic E-state index is 13.1. The van der Waals surface area contributed by atoms with Gasteiger partial charge in [0.05, 0.1) is 11.0 Å². The minimum Gasteiger partial charge on any atom is -0.324 e. The lowest BCUT2D eigenvalue weighted by Crippen LogP contribution is -2.54. The predicted molar refractivity (Wildman–Crippen MR) is 76.1 cm³/mol. The highest BCUT2D eigenvalue weighted by Crippen LogP contribution is 2.39. The van der Waals surface area contributed by atoms with E-state index in [2.05, 4.69) is 15.3 Å². The van der Waals surface area contributed by atoms with E-state index in [0.29, 0.717) is 30.3 Å². The third kappa shape index (κ3) is 2.19. The minimum atomic E-state index is -3.50. The van der Waals surface area contributed by atoms with Gasteiger partial charge in [0.15, 0.2) is 14.6 Å². The lowest BCUT2D eigenvalue weighted by atomic mass is 9.83. The van der Waals surface area contributed by atoms with Gasteiger partial charge in [0, 0.05) is 6.26 Å². The molecule has 1 amide bonds. The first-order valence-electron chi connectivity index (χ1n) is 6.48. The zero-order valence-corrected chi connectivity index (χ0v) is 12.1. The summed E-state index contributed by atoms with van der Waals surface area (Å²) in [6.45, 7) is 0. The van der Waals surface area contributed by atoms with E-state index in [0.717, 1.165) is 6.26 Å². The Morgan fingerprint density at radius 2 is 2.14 bits per heavy atom. The number of carbonyl (C=O) groups is 1. The van der Waals surface area contributed by atoms with E-state index in [-0.39, 0.29) is 5.95 Å². The molecule has 0 spiro atoms. The number of halogens is 1. The molecule has 0 saturated heterocycles. The van der Waals surface area contributed by atoms with Crippen LogP contribution in [0.25, 0.3) is 11.0 Å². The number of hydrogen-bond donors (Lipinski definition) is 2. The Morgan fingerprint density at radius 3 is 2.71 bits per heavy atom. The Bertz CT molecular complexity index is 824. The molecule has 0 unspecified atom stereocenters. The molecule has 1 aliphatic rings. The Hall–Kier alpha value is -1.96. The van der Waals surface area contributed by atoms with E-state index in [1.165, 1.54) is 18.2 Å². The Morgan fingerprint density at radius 1 is 1.43 bits per heavy atom. The van der Waals surface area contributed by atoms with Crippen molar-refractivity contribution < 1.29 is 17.6 Å². The van der Waals surface area contributed by atoms with Gasteiger partial charge >= 0.3 is 0 Å². The second-order valence-electron chi connectivity index (χ2n) is 5.32. The SMILES string of the molecule is CS(=O)(=O)C1(C(=O)Nc2nc3ccc(F)cc3[nH]2)CCC1. The largest absolute Gasteiger partial charge is 0.324 e. The molecule has 1 heterocycles. The number of amides is 1. The molecule has 1 saturated carbocycles. The van der Waals surface area contributed by atoms with Gasteiger partial charge in [0.25, 0.3) is 0 Å². The van der Waals surface area contributed by atoms with Crippen LogP contribution in [0.1, 0.15) is 19.3 Å². The van der Waals surface area contributed by atoms with Crippen LogP contribution in [0.15, 0.2) is 18.2 Å². The number of sulfone groups is 1. The molecule has 2 aromatic rings. The van der Waals surface area contributed by atoms with Crippen LogP contribution >= 0.6 is 0 Å². The van der Waals surface area contributed by atoms with Crippen LogP contribution < -0.4 is 5.32 Å². The number of anilines is 1. The molecule has 0 atom stereocenters. The van der Waals surface area contributed by atoms with Gasteiger partial charge in [-0.25, -0.2) is 17.8 Å². The molecule has 0 radical (unpaired) electrons. The van der Waals surface area contributed by atoms with Crippen LogP contribution in [-0.2, 0) is 14.6 Å². The van der Waals surface area contributed by atoms with Crippen LogP contribution in [0.4, 0.5) is 10.3 Å². The lowest BCUT2D eigenvalue weighted by molar-refractivity contribution is -0.120. The molecule has 1 fully saturated rings. The number of hydrogen-bond acceptors (Lipinski definition) is 4. The summed E-state index contributed by atoms with van der Waals surface area (Å²) in [5, 5.41) is 2.49. The van der Waals surface area contributed by atoms with Crippen LogP contribution in [0.2, 0.25) is 0 Å². The van der Waals surface area contributed by atoms with E-state index >= 15 is 0 Å². The number of nitrogens with zero attached hydrogens (tertiary/aromatic N) is 1. The molecule has 1 aromatic carbocycles. The second kappa shape index (κ2) is 4.52. The van der Waals surface area contributed by atoms with Gasteiger partial charge in [0.1, 0.15) is 5.82 Å². The van der Waals surface area contributed by atoms with Gasteiger partial charge in [0.2, 0.25) is 11.9 Å². The molecule has 3 rings (SSSR count). The smallest absolute Gasteiger partial charge is 0.248 e. The van der Waals surface area contributed by atoms with Gasteiger partial charge in [-0.2, -0.15) is 0 Å². The molecule has 2 N–H and O–H groups in total. The molecule has 1 aromatic heterocycles. The molecular formula is C13H14FN3O3S. The number of aromatic amines is 1. The van der Waals surface area contributed by atoms with E-state index in [1.807, 2.05) is 0 Å². The molecule has 0 bridgehead atoms. The zero-order chi connectivity index (χ0) is 15.3. The molecular weight excluding hydrogens is 297 g/mol. The quantitative estimate of drug-likeness (QED) is 0.900. The Labute approximate surface area is 120 Å². The molecule has 21 heavy (non-hydrogen) atoms. The van der Waals surface area contributed by atoms with E-state index in [1.54, 1.807) is 0 Å². The van der Waals surface area contributed by atoms with Crippen LogP contribution in [-0.4, -0.2) is 35.3 Å². The summed E-state index contributed by atoms with van der Waals surface area (Å²) in [6, 6.07) is 4.00. The van der Waals surface area contributed by atoms with Crippen molar-refractivity contribution in [2.24, 2.45) is 0 Å². The van der Waals surface area contributed by atoms with Crippen molar-refractivity contribution in [1.29, 1.82) is 0 Å². The summed E-state index contributed by atoms with van der Waals surface area (Å²) in [6.07, 6.45) is 2.39. The van der Waals surface area contributed by atoms with Crippen molar-refractivity contribution in [2.75, 3.05) is 11.6 Å². The standard InChI is InChI=1S/C13H14FN3O3S/c1-21(19,20)13(5-2-6-13)11(18)17-12-15-9-4-3-8(14)7-10(9)16-12/h3-4,7H,2,5-6H2,1H3,(H2,15,16,17,18). The van der Waals surface area contributed by atoms with Crippen molar-refractivity contribution in [3.8, 4) is 0 Å². The third-order valence-corrected chi connectivity index (χ3v) is 5.97. The number of aromatic nitrogens is 2. The van der Waals surface area contributed by atoms with Crippen molar-refractivity contribution in [3.05, 3.63) is 24.0 Å². The normalized spacial score (nSPS) is 17.4. The average Bonchev–Trinajstić information content (AvgIpc) is 2.66. The van der Waals surface area contributed by atoms with Crippen molar-refractivity contribution in [2.45, 2.75) is 24.0 Å². The summed E-state index contributed by atoms with van der Waals surface area (Å²) in [5.74, 6) is -0.887. The number of benzene rings is 1. The zero-order valence-electron chi connectivity index (χ0n) is 11.3. The van der Waals surface area contributed by atoms with Crippen LogP contribution in [0.3, 0.4) is 0 Å². The highest BCUT2D eigenvalue weighted by Gasteiger charge is 2.53. The first-order chi connectivity index (χ1) is 9.82. The lowest BCUT2D eigenvalue weighted by Gasteiger charge is -2.37. The van der Waals surface area contributed by atoms with Gasteiger partial charge in [-0.05, 0) is 37.5 Å². The number of rotatable bonds is 3. The Kier molecular flexibility index (Phi) is 3.01. The van der Waals surface area contributed by atoms with Crippen molar-refractivity contribution >= 4 is 32.7 Å². The monoisotopic (exact) mass is 311 g/mol. The Balaban J connectivity index is 1.90.